The monoisotopic (exact) mass is 480 g/mol. The molecule has 0 aliphatic carbocycles. The molecule has 0 aliphatic heterocycles. The molecule has 3 aromatic carbocycles. The fourth-order valence-electron chi connectivity index (χ4n) is 4.53. The van der Waals surface area contributed by atoms with E-state index in [9.17, 15) is 9.59 Å². The number of ether oxygens (including phenoxy) is 1. The van der Waals surface area contributed by atoms with Crippen LogP contribution in [0, 0.1) is 6.92 Å². The lowest BCUT2D eigenvalue weighted by molar-refractivity contribution is -0.116. The topological polar surface area (TPSA) is 78.2 Å². The van der Waals surface area contributed by atoms with Gasteiger partial charge in [-0.3, -0.25) is 14.2 Å². The highest BCUT2D eigenvalue weighted by atomic mass is 16.5. The average Bonchev–Trinajstić information content (AvgIpc) is 3.19. The van der Waals surface area contributed by atoms with Gasteiger partial charge >= 0.3 is 0 Å². The summed E-state index contributed by atoms with van der Waals surface area (Å²) in [5.74, 6) is 0.554. The van der Waals surface area contributed by atoms with Crippen LogP contribution in [-0.4, -0.2) is 27.1 Å². The number of hydrogen-bond acceptors (Lipinski definition) is 4. The lowest BCUT2D eigenvalue weighted by atomic mass is 10.1. The van der Waals surface area contributed by atoms with Gasteiger partial charge in [-0.25, -0.2) is 4.98 Å². The van der Waals surface area contributed by atoms with Crippen LogP contribution in [0.1, 0.15) is 23.6 Å². The number of amides is 1. The standard InChI is InChI=1S/C29H28N4O3/c1-4-20-6-5-7-22(15-20)31-26(34)17-33-25-13-8-19(2)14-24(25)27-28(33)29(35)32(18-30-27)16-21-9-11-23(36-3)12-10-21/h5-15,18H,4,16-17H2,1-3H3,(H,31,34). The van der Waals surface area contributed by atoms with E-state index in [-0.39, 0.29) is 18.0 Å². The normalized spacial score (nSPS) is 11.2. The van der Waals surface area contributed by atoms with E-state index in [0.29, 0.717) is 17.6 Å². The van der Waals surface area contributed by atoms with Gasteiger partial charge in [-0.05, 0) is 60.9 Å². The van der Waals surface area contributed by atoms with Crippen molar-refractivity contribution in [2.45, 2.75) is 33.4 Å². The molecule has 5 aromatic rings. The van der Waals surface area contributed by atoms with Gasteiger partial charge in [0.2, 0.25) is 5.91 Å². The molecule has 0 aliphatic rings. The fraction of sp³-hybridized carbons (Fsp3) is 0.207. The van der Waals surface area contributed by atoms with E-state index in [4.69, 9.17) is 4.74 Å². The Hall–Kier alpha value is -4.39. The molecule has 0 saturated carbocycles. The molecular formula is C29H28N4O3. The number of methoxy groups -OCH3 is 1. The van der Waals surface area contributed by atoms with E-state index in [1.165, 1.54) is 0 Å². The molecule has 2 heterocycles. The van der Waals surface area contributed by atoms with Crippen molar-refractivity contribution in [2.75, 3.05) is 12.4 Å². The summed E-state index contributed by atoms with van der Waals surface area (Å²) in [5.41, 5.74) is 5.54. The van der Waals surface area contributed by atoms with Crippen LogP contribution in [0.4, 0.5) is 5.69 Å². The Labute approximate surface area is 209 Å². The highest BCUT2D eigenvalue weighted by molar-refractivity contribution is 6.06. The molecule has 182 valence electrons. The third kappa shape index (κ3) is 4.47. The first-order valence-corrected chi connectivity index (χ1v) is 12.0. The number of aryl methyl sites for hydroxylation is 2. The second-order valence-corrected chi connectivity index (χ2v) is 8.93. The quantitative estimate of drug-likeness (QED) is 0.359. The van der Waals surface area contributed by atoms with Crippen molar-refractivity contribution < 1.29 is 9.53 Å². The van der Waals surface area contributed by atoms with Gasteiger partial charge in [0.25, 0.3) is 5.56 Å². The second kappa shape index (κ2) is 9.70. The van der Waals surface area contributed by atoms with Crippen LogP contribution in [0.25, 0.3) is 21.9 Å². The minimum absolute atomic E-state index is 0.00286. The van der Waals surface area contributed by atoms with Gasteiger partial charge in [-0.15, -0.1) is 0 Å². The first-order chi connectivity index (χ1) is 17.5. The molecule has 1 N–H and O–H groups in total. The van der Waals surface area contributed by atoms with Crippen LogP contribution in [0.5, 0.6) is 5.75 Å². The smallest absolute Gasteiger partial charge is 0.278 e. The summed E-state index contributed by atoms with van der Waals surface area (Å²) in [5, 5.41) is 3.84. The molecule has 7 heteroatoms. The molecule has 0 unspecified atom stereocenters. The first-order valence-electron chi connectivity index (χ1n) is 12.0. The molecule has 0 fully saturated rings. The summed E-state index contributed by atoms with van der Waals surface area (Å²) in [6, 6.07) is 21.3. The van der Waals surface area contributed by atoms with Gasteiger partial charge in [0.05, 0.1) is 25.5 Å². The maximum Gasteiger partial charge on any atom is 0.278 e. The Kier molecular flexibility index (Phi) is 6.29. The largest absolute Gasteiger partial charge is 0.497 e. The van der Waals surface area contributed by atoms with E-state index < -0.39 is 0 Å². The molecule has 0 bridgehead atoms. The zero-order valence-corrected chi connectivity index (χ0v) is 20.6. The van der Waals surface area contributed by atoms with Gasteiger partial charge in [0, 0.05) is 11.1 Å². The van der Waals surface area contributed by atoms with Gasteiger partial charge in [0.15, 0.2) is 0 Å². The summed E-state index contributed by atoms with van der Waals surface area (Å²) < 4.78 is 8.59. The summed E-state index contributed by atoms with van der Waals surface area (Å²) in [6.45, 7) is 4.44. The Morgan fingerprint density at radius 3 is 2.58 bits per heavy atom. The van der Waals surface area contributed by atoms with E-state index in [1.807, 2.05) is 73.7 Å². The van der Waals surface area contributed by atoms with Gasteiger partial charge in [-0.1, -0.05) is 42.8 Å². The van der Waals surface area contributed by atoms with Crippen molar-refractivity contribution in [2.24, 2.45) is 0 Å². The van der Waals surface area contributed by atoms with Crippen molar-refractivity contribution in [3.05, 3.63) is 100 Å². The molecule has 0 saturated heterocycles. The fourth-order valence-corrected chi connectivity index (χ4v) is 4.53. The van der Waals surface area contributed by atoms with Crippen LogP contribution < -0.4 is 15.6 Å². The third-order valence-electron chi connectivity index (χ3n) is 6.41. The SMILES string of the molecule is CCc1cccc(NC(=O)Cn2c3ccc(C)cc3c3ncn(Cc4ccc(OC)cc4)c(=O)c32)c1. The summed E-state index contributed by atoms with van der Waals surface area (Å²) in [6.07, 6.45) is 2.46. The van der Waals surface area contributed by atoms with Gasteiger partial charge in [-0.2, -0.15) is 0 Å². The number of rotatable bonds is 7. The van der Waals surface area contributed by atoms with Gasteiger partial charge in [0.1, 0.15) is 23.3 Å². The lowest BCUT2D eigenvalue weighted by Crippen LogP contribution is -2.25. The highest BCUT2D eigenvalue weighted by Crippen LogP contribution is 2.27. The van der Waals surface area contributed by atoms with E-state index in [0.717, 1.165) is 45.5 Å². The minimum atomic E-state index is -0.201. The zero-order valence-electron chi connectivity index (χ0n) is 20.6. The molecule has 0 atom stereocenters. The third-order valence-corrected chi connectivity index (χ3v) is 6.41. The minimum Gasteiger partial charge on any atom is -0.497 e. The van der Waals surface area contributed by atoms with Crippen LogP contribution in [0.3, 0.4) is 0 Å². The van der Waals surface area contributed by atoms with E-state index in [1.54, 1.807) is 22.6 Å². The summed E-state index contributed by atoms with van der Waals surface area (Å²) in [7, 11) is 1.62. The molecule has 7 nitrogen and oxygen atoms in total. The number of benzene rings is 3. The lowest BCUT2D eigenvalue weighted by Gasteiger charge is -2.11. The summed E-state index contributed by atoms with van der Waals surface area (Å²) >= 11 is 0. The van der Waals surface area contributed by atoms with Crippen LogP contribution in [0.15, 0.2) is 77.9 Å². The Morgan fingerprint density at radius 1 is 1.03 bits per heavy atom. The number of fused-ring (bicyclic) bond motifs is 3. The number of anilines is 1. The molecule has 0 spiro atoms. The molecule has 2 aromatic heterocycles. The Bertz CT molecular complexity index is 1630. The highest BCUT2D eigenvalue weighted by Gasteiger charge is 2.19. The number of nitrogens with zero attached hydrogens (tertiary/aromatic N) is 3. The van der Waals surface area contributed by atoms with Crippen LogP contribution >= 0.6 is 0 Å². The molecule has 5 rings (SSSR count). The van der Waals surface area contributed by atoms with Crippen molar-refractivity contribution in [1.29, 1.82) is 0 Å². The maximum absolute atomic E-state index is 13.7. The number of nitrogens with one attached hydrogen (secondary N) is 1. The molecule has 0 radical (unpaired) electrons. The molecule has 36 heavy (non-hydrogen) atoms. The predicted octanol–water partition coefficient (Wildman–Crippen LogP) is 4.92. The summed E-state index contributed by atoms with van der Waals surface area (Å²) in [4.78, 5) is 31.5. The van der Waals surface area contributed by atoms with Crippen molar-refractivity contribution in [3.8, 4) is 5.75 Å². The predicted molar refractivity (Wildman–Crippen MR) is 143 cm³/mol. The Morgan fingerprint density at radius 2 is 1.83 bits per heavy atom. The number of aromatic nitrogens is 3. The number of hydrogen-bond donors (Lipinski definition) is 1. The maximum atomic E-state index is 13.7. The van der Waals surface area contributed by atoms with Gasteiger partial charge < -0.3 is 14.6 Å². The van der Waals surface area contributed by atoms with E-state index in [2.05, 4.69) is 17.2 Å². The van der Waals surface area contributed by atoms with Crippen molar-refractivity contribution in [3.63, 3.8) is 0 Å². The first kappa shape index (κ1) is 23.4. The van der Waals surface area contributed by atoms with Crippen molar-refractivity contribution >= 4 is 33.5 Å². The average molecular weight is 481 g/mol. The van der Waals surface area contributed by atoms with Crippen molar-refractivity contribution in [1.82, 2.24) is 14.1 Å². The van der Waals surface area contributed by atoms with Crippen LogP contribution in [0.2, 0.25) is 0 Å². The van der Waals surface area contributed by atoms with E-state index >= 15 is 0 Å². The Balaban J connectivity index is 1.56. The van der Waals surface area contributed by atoms with Crippen LogP contribution in [-0.2, 0) is 24.3 Å². The zero-order chi connectivity index (χ0) is 25.2. The number of carbonyl (C=O) groups excluding carboxylic acids is 1. The molecular weight excluding hydrogens is 452 g/mol. The molecule has 1 amide bonds. The second-order valence-electron chi connectivity index (χ2n) is 8.93. The number of carbonyl (C=O) groups is 1.